The first-order valence-electron chi connectivity index (χ1n) is 14.0. The van der Waals surface area contributed by atoms with Crippen molar-refractivity contribution in [3.63, 3.8) is 0 Å². The van der Waals surface area contributed by atoms with E-state index in [-0.39, 0.29) is 11.9 Å². The number of aromatic nitrogens is 4. The van der Waals surface area contributed by atoms with Gasteiger partial charge in [-0.25, -0.2) is 19.3 Å². The number of hydrogen-bond donors (Lipinski definition) is 1. The number of ether oxygens (including phenoxy) is 2. The van der Waals surface area contributed by atoms with Gasteiger partial charge in [0, 0.05) is 63.1 Å². The summed E-state index contributed by atoms with van der Waals surface area (Å²) in [6.07, 6.45) is 3.60. The van der Waals surface area contributed by atoms with Gasteiger partial charge in [0.15, 0.2) is 0 Å². The van der Waals surface area contributed by atoms with E-state index in [1.807, 2.05) is 32.0 Å². The molecular formula is C31H37FN6O2. The summed E-state index contributed by atoms with van der Waals surface area (Å²) in [5, 5.41) is 3.22. The highest BCUT2D eigenvalue weighted by molar-refractivity contribution is 5.78. The van der Waals surface area contributed by atoms with Gasteiger partial charge in [-0.1, -0.05) is 18.2 Å². The molecule has 2 aromatic heterocycles. The zero-order valence-corrected chi connectivity index (χ0v) is 23.4. The van der Waals surface area contributed by atoms with Gasteiger partial charge in [0.05, 0.1) is 30.3 Å². The van der Waals surface area contributed by atoms with Crippen LogP contribution in [0.2, 0.25) is 0 Å². The van der Waals surface area contributed by atoms with Crippen LogP contribution < -0.4 is 10.1 Å². The molecule has 0 amide bonds. The van der Waals surface area contributed by atoms with E-state index in [0.717, 1.165) is 78.8 Å². The molecule has 0 saturated heterocycles. The first kappa shape index (κ1) is 27.7. The number of methoxy groups -OCH3 is 1. The lowest BCUT2D eigenvalue weighted by Crippen LogP contribution is -2.32. The number of hydrogen-bond acceptors (Lipinski definition) is 7. The SMILES string of the molecule is CCNc1nccc(-c2c(-c3ccc(F)cc3)nc3n2[C@H](CN(CCOC)Cc2ccccc2OCC)CC3)n1. The molecule has 1 N–H and O–H groups in total. The molecule has 4 aromatic rings. The third-order valence-electron chi connectivity index (χ3n) is 7.15. The molecule has 0 spiro atoms. The van der Waals surface area contributed by atoms with Gasteiger partial charge in [0.2, 0.25) is 5.95 Å². The maximum atomic E-state index is 13.8. The molecule has 5 rings (SSSR count). The number of imidazole rings is 1. The maximum Gasteiger partial charge on any atom is 0.223 e. The summed E-state index contributed by atoms with van der Waals surface area (Å²) in [7, 11) is 1.74. The van der Waals surface area contributed by atoms with E-state index in [1.54, 1.807) is 25.4 Å². The Morgan fingerprint density at radius 1 is 1.07 bits per heavy atom. The van der Waals surface area contributed by atoms with Crippen LogP contribution in [-0.4, -0.2) is 64.4 Å². The minimum Gasteiger partial charge on any atom is -0.494 e. The fraction of sp³-hybridized carbons (Fsp3) is 0.387. The lowest BCUT2D eigenvalue weighted by atomic mass is 10.1. The average Bonchev–Trinajstić information content (AvgIpc) is 3.53. The van der Waals surface area contributed by atoms with Gasteiger partial charge in [0.1, 0.15) is 17.4 Å². The Hall–Kier alpha value is -3.82. The molecule has 0 fully saturated rings. The lowest BCUT2D eigenvalue weighted by Gasteiger charge is -2.28. The van der Waals surface area contributed by atoms with Crippen molar-refractivity contribution < 1.29 is 13.9 Å². The van der Waals surface area contributed by atoms with E-state index in [0.29, 0.717) is 19.2 Å². The Morgan fingerprint density at radius 3 is 2.67 bits per heavy atom. The second-order valence-electron chi connectivity index (χ2n) is 9.86. The number of rotatable bonds is 13. The molecule has 2 aromatic carbocycles. The molecule has 40 heavy (non-hydrogen) atoms. The van der Waals surface area contributed by atoms with Crippen LogP contribution in [0.25, 0.3) is 22.6 Å². The van der Waals surface area contributed by atoms with Gasteiger partial charge in [0.25, 0.3) is 0 Å². The van der Waals surface area contributed by atoms with Gasteiger partial charge in [-0.2, -0.15) is 0 Å². The molecule has 8 nitrogen and oxygen atoms in total. The number of aryl methyl sites for hydroxylation is 1. The number of halogens is 1. The molecule has 9 heteroatoms. The molecule has 0 saturated carbocycles. The molecule has 1 atom stereocenters. The van der Waals surface area contributed by atoms with E-state index in [4.69, 9.17) is 19.4 Å². The topological polar surface area (TPSA) is 77.3 Å². The van der Waals surface area contributed by atoms with Crippen molar-refractivity contribution in [2.24, 2.45) is 0 Å². The third-order valence-corrected chi connectivity index (χ3v) is 7.15. The summed E-state index contributed by atoms with van der Waals surface area (Å²) >= 11 is 0. The van der Waals surface area contributed by atoms with Crippen molar-refractivity contribution in [2.75, 3.05) is 45.3 Å². The maximum absolute atomic E-state index is 13.8. The molecule has 0 radical (unpaired) electrons. The molecule has 0 bridgehead atoms. The van der Waals surface area contributed by atoms with E-state index in [2.05, 4.69) is 31.9 Å². The Labute approximate surface area is 235 Å². The predicted octanol–water partition coefficient (Wildman–Crippen LogP) is 5.61. The lowest BCUT2D eigenvalue weighted by molar-refractivity contribution is 0.133. The third kappa shape index (κ3) is 6.16. The number of nitrogens with one attached hydrogen (secondary N) is 1. The predicted molar refractivity (Wildman–Crippen MR) is 155 cm³/mol. The van der Waals surface area contributed by atoms with Crippen molar-refractivity contribution in [1.82, 2.24) is 24.4 Å². The minimum absolute atomic E-state index is 0.181. The van der Waals surface area contributed by atoms with Gasteiger partial charge in [-0.05, 0) is 56.7 Å². The summed E-state index contributed by atoms with van der Waals surface area (Å²) < 4.78 is 27.5. The van der Waals surface area contributed by atoms with Crippen LogP contribution in [0, 0.1) is 5.82 Å². The van der Waals surface area contributed by atoms with Crippen molar-refractivity contribution in [1.29, 1.82) is 0 Å². The molecule has 210 valence electrons. The second-order valence-corrected chi connectivity index (χ2v) is 9.86. The van der Waals surface area contributed by atoms with E-state index in [1.165, 1.54) is 12.1 Å². The monoisotopic (exact) mass is 544 g/mol. The number of para-hydroxylation sites is 1. The largest absolute Gasteiger partial charge is 0.494 e. The molecule has 0 unspecified atom stereocenters. The van der Waals surface area contributed by atoms with E-state index in [9.17, 15) is 4.39 Å². The number of fused-ring (bicyclic) bond motifs is 1. The molecule has 3 heterocycles. The Balaban J connectivity index is 1.53. The summed E-state index contributed by atoms with van der Waals surface area (Å²) in [5.74, 6) is 2.24. The van der Waals surface area contributed by atoms with Crippen molar-refractivity contribution in [3.05, 3.63) is 78.0 Å². The minimum atomic E-state index is -0.271. The highest BCUT2D eigenvalue weighted by Crippen LogP contribution is 2.39. The molecule has 1 aliphatic heterocycles. The van der Waals surface area contributed by atoms with Gasteiger partial charge < -0.3 is 19.4 Å². The van der Waals surface area contributed by atoms with Crippen LogP contribution >= 0.6 is 0 Å². The van der Waals surface area contributed by atoms with Crippen LogP contribution in [0.3, 0.4) is 0 Å². The Kier molecular flexibility index (Phi) is 9.03. The summed E-state index contributed by atoms with van der Waals surface area (Å²) in [6, 6.07) is 16.9. The van der Waals surface area contributed by atoms with Crippen LogP contribution in [0.5, 0.6) is 5.75 Å². The average molecular weight is 545 g/mol. The van der Waals surface area contributed by atoms with Gasteiger partial charge in [-0.15, -0.1) is 0 Å². The fourth-order valence-electron chi connectivity index (χ4n) is 5.36. The van der Waals surface area contributed by atoms with E-state index >= 15 is 0 Å². The number of benzene rings is 2. The second kappa shape index (κ2) is 13.0. The summed E-state index contributed by atoms with van der Waals surface area (Å²) in [5.41, 5.74) is 4.56. The quantitative estimate of drug-likeness (QED) is 0.234. The highest BCUT2D eigenvalue weighted by Gasteiger charge is 2.32. The Bertz CT molecular complexity index is 1410. The van der Waals surface area contributed by atoms with Gasteiger partial charge in [-0.3, -0.25) is 4.90 Å². The van der Waals surface area contributed by atoms with Crippen LogP contribution in [0.4, 0.5) is 10.3 Å². The standard InChI is InChI=1S/C31H37FN6O2/c1-4-33-31-34-17-16-26(35-31)30-29(22-10-12-24(32)13-11-22)36-28-15-14-25(38(28)30)21-37(18-19-39-3)20-23-8-6-7-9-27(23)40-5-2/h6-13,16-17,25H,4-5,14-15,18-21H2,1-3H3,(H,33,34,35)/t25-/m0/s1. The smallest absolute Gasteiger partial charge is 0.223 e. The van der Waals surface area contributed by atoms with Crippen molar-refractivity contribution in [2.45, 2.75) is 39.3 Å². The fourth-order valence-corrected chi connectivity index (χ4v) is 5.36. The molecule has 1 aliphatic rings. The van der Waals surface area contributed by atoms with Crippen molar-refractivity contribution in [3.8, 4) is 28.4 Å². The first-order valence-corrected chi connectivity index (χ1v) is 14.0. The van der Waals surface area contributed by atoms with Crippen molar-refractivity contribution >= 4 is 5.95 Å². The van der Waals surface area contributed by atoms with E-state index < -0.39 is 0 Å². The number of anilines is 1. The zero-order chi connectivity index (χ0) is 27.9. The van der Waals surface area contributed by atoms with Gasteiger partial charge >= 0.3 is 0 Å². The Morgan fingerprint density at radius 2 is 1.90 bits per heavy atom. The summed E-state index contributed by atoms with van der Waals surface area (Å²) in [4.78, 5) is 16.7. The van der Waals surface area contributed by atoms with Crippen LogP contribution in [-0.2, 0) is 17.7 Å². The molecular weight excluding hydrogens is 507 g/mol. The summed E-state index contributed by atoms with van der Waals surface area (Å²) in [6.45, 7) is 8.35. The first-order chi connectivity index (χ1) is 19.6. The van der Waals surface area contributed by atoms with Crippen LogP contribution in [0.15, 0.2) is 60.8 Å². The normalized spacial score (nSPS) is 14.5. The van der Waals surface area contributed by atoms with Crippen LogP contribution in [0.1, 0.15) is 37.7 Å². The zero-order valence-electron chi connectivity index (χ0n) is 23.4. The highest BCUT2D eigenvalue weighted by atomic mass is 19.1. The number of nitrogens with zero attached hydrogens (tertiary/aromatic N) is 5. The molecule has 0 aliphatic carbocycles.